The maximum absolute atomic E-state index is 11.3. The van der Waals surface area contributed by atoms with Crippen LogP contribution in [0.1, 0.15) is 46.8 Å². The minimum Gasteiger partial charge on any atom is -0.477 e. The quantitative estimate of drug-likeness (QED) is 0.858. The number of carboxylic acid groups (broad SMARTS) is 1. The Labute approximate surface area is 98.1 Å². The van der Waals surface area contributed by atoms with Crippen LogP contribution in [-0.2, 0) is 0 Å². The third kappa shape index (κ3) is 1.50. The van der Waals surface area contributed by atoms with Crippen molar-refractivity contribution in [2.45, 2.75) is 32.1 Å². The van der Waals surface area contributed by atoms with Crippen molar-refractivity contribution in [2.75, 3.05) is 0 Å². The zero-order chi connectivity index (χ0) is 12.0. The molecule has 2 aromatic heterocycles. The Bertz CT molecular complexity index is 599. The van der Waals surface area contributed by atoms with Crippen molar-refractivity contribution in [1.29, 1.82) is 0 Å². The fourth-order valence-electron chi connectivity index (χ4n) is 2.22. The van der Waals surface area contributed by atoms with E-state index in [0.717, 1.165) is 24.8 Å². The van der Waals surface area contributed by atoms with E-state index in [0.29, 0.717) is 17.3 Å². The topological polar surface area (TPSA) is 67.5 Å². The Morgan fingerprint density at radius 3 is 2.88 bits per heavy atom. The zero-order valence-corrected chi connectivity index (χ0v) is 9.55. The van der Waals surface area contributed by atoms with Crippen molar-refractivity contribution < 1.29 is 9.90 Å². The number of aromatic nitrogens is 3. The summed E-state index contributed by atoms with van der Waals surface area (Å²) in [7, 11) is 0. The van der Waals surface area contributed by atoms with Crippen LogP contribution in [0.25, 0.3) is 5.65 Å². The average Bonchev–Trinajstić information content (AvgIpc) is 2.52. The molecular formula is C12H13N3O2. The number of hydrogen-bond donors (Lipinski definition) is 1. The Kier molecular flexibility index (Phi) is 2.14. The summed E-state index contributed by atoms with van der Waals surface area (Å²) < 4.78 is 1.59. The maximum Gasteiger partial charge on any atom is 0.341 e. The summed E-state index contributed by atoms with van der Waals surface area (Å²) in [6.45, 7) is 1.91. The van der Waals surface area contributed by atoms with Crippen LogP contribution in [0.2, 0.25) is 0 Å². The molecule has 0 aromatic carbocycles. The molecule has 3 rings (SSSR count). The van der Waals surface area contributed by atoms with E-state index in [9.17, 15) is 9.90 Å². The fourth-order valence-corrected chi connectivity index (χ4v) is 2.22. The number of carbonyl (C=O) groups is 1. The van der Waals surface area contributed by atoms with E-state index in [1.54, 1.807) is 10.7 Å². The van der Waals surface area contributed by atoms with Crippen LogP contribution in [0.15, 0.2) is 12.4 Å². The largest absolute Gasteiger partial charge is 0.477 e. The van der Waals surface area contributed by atoms with Gasteiger partial charge >= 0.3 is 5.97 Å². The van der Waals surface area contributed by atoms with Crippen LogP contribution in [0, 0.1) is 6.92 Å². The average molecular weight is 231 g/mol. The molecule has 2 aromatic rings. The van der Waals surface area contributed by atoms with Crippen molar-refractivity contribution in [1.82, 2.24) is 14.6 Å². The number of carboxylic acids is 1. The van der Waals surface area contributed by atoms with Gasteiger partial charge in [-0.3, -0.25) is 0 Å². The van der Waals surface area contributed by atoms with Gasteiger partial charge in [0.2, 0.25) is 0 Å². The first-order valence-corrected chi connectivity index (χ1v) is 5.75. The maximum atomic E-state index is 11.3. The summed E-state index contributed by atoms with van der Waals surface area (Å²) >= 11 is 0. The molecule has 17 heavy (non-hydrogen) atoms. The fraction of sp³-hybridized carbons (Fsp3) is 0.417. The Morgan fingerprint density at radius 1 is 1.53 bits per heavy atom. The van der Waals surface area contributed by atoms with Gasteiger partial charge in [0.05, 0.1) is 5.69 Å². The van der Waals surface area contributed by atoms with Crippen LogP contribution in [0.5, 0.6) is 0 Å². The lowest BCUT2D eigenvalue weighted by Crippen LogP contribution is -2.13. The van der Waals surface area contributed by atoms with E-state index < -0.39 is 5.97 Å². The lowest BCUT2D eigenvalue weighted by molar-refractivity contribution is 0.0696. The second-order valence-electron chi connectivity index (χ2n) is 4.59. The van der Waals surface area contributed by atoms with E-state index in [2.05, 4.69) is 10.1 Å². The molecule has 88 valence electrons. The first-order valence-electron chi connectivity index (χ1n) is 5.75. The van der Waals surface area contributed by atoms with E-state index in [1.165, 1.54) is 0 Å². The van der Waals surface area contributed by atoms with Gasteiger partial charge in [0.1, 0.15) is 5.56 Å². The molecule has 0 bridgehead atoms. The van der Waals surface area contributed by atoms with Crippen LogP contribution < -0.4 is 0 Å². The monoisotopic (exact) mass is 231 g/mol. The Balaban J connectivity index is 2.25. The van der Waals surface area contributed by atoms with Crippen molar-refractivity contribution in [2.24, 2.45) is 0 Å². The van der Waals surface area contributed by atoms with Gasteiger partial charge in [-0.15, -0.1) is 0 Å². The van der Waals surface area contributed by atoms with Gasteiger partial charge in [-0.25, -0.2) is 14.3 Å². The van der Waals surface area contributed by atoms with Crippen LogP contribution in [0.3, 0.4) is 0 Å². The van der Waals surface area contributed by atoms with E-state index >= 15 is 0 Å². The molecule has 2 heterocycles. The second-order valence-corrected chi connectivity index (χ2v) is 4.59. The second kappa shape index (κ2) is 3.55. The summed E-state index contributed by atoms with van der Waals surface area (Å²) in [6, 6.07) is 0. The summed E-state index contributed by atoms with van der Waals surface area (Å²) in [5.41, 5.74) is 2.39. The highest BCUT2D eigenvalue weighted by molar-refractivity contribution is 5.96. The molecule has 0 saturated heterocycles. The molecule has 0 amide bonds. The minimum absolute atomic E-state index is 0.273. The predicted octanol–water partition coefficient (Wildman–Crippen LogP) is 2.00. The molecule has 1 aliphatic rings. The summed E-state index contributed by atoms with van der Waals surface area (Å²) in [6.07, 6.45) is 6.71. The molecule has 1 aliphatic carbocycles. The third-order valence-corrected chi connectivity index (χ3v) is 3.33. The number of aryl methyl sites for hydroxylation is 1. The number of hydrogen-bond acceptors (Lipinski definition) is 3. The van der Waals surface area contributed by atoms with Gasteiger partial charge in [0, 0.05) is 18.3 Å². The molecule has 0 radical (unpaired) electrons. The van der Waals surface area contributed by atoms with Gasteiger partial charge in [-0.1, -0.05) is 6.42 Å². The molecule has 0 spiro atoms. The van der Waals surface area contributed by atoms with Crippen LogP contribution in [0.4, 0.5) is 0 Å². The molecule has 0 aliphatic heterocycles. The molecule has 1 fully saturated rings. The third-order valence-electron chi connectivity index (χ3n) is 3.33. The molecule has 0 atom stereocenters. The highest BCUT2D eigenvalue weighted by Crippen LogP contribution is 2.38. The van der Waals surface area contributed by atoms with Crippen molar-refractivity contribution in [3.8, 4) is 0 Å². The lowest BCUT2D eigenvalue weighted by atomic mass is 9.81. The first-order chi connectivity index (χ1) is 8.16. The predicted molar refractivity (Wildman–Crippen MR) is 61.3 cm³/mol. The highest BCUT2D eigenvalue weighted by Gasteiger charge is 2.30. The normalized spacial score (nSPS) is 16.1. The first kappa shape index (κ1) is 10.3. The van der Waals surface area contributed by atoms with Crippen LogP contribution in [-0.4, -0.2) is 25.7 Å². The molecule has 5 heteroatoms. The van der Waals surface area contributed by atoms with E-state index in [1.807, 2.05) is 13.1 Å². The number of nitrogens with zero attached hydrogens (tertiary/aromatic N) is 3. The standard InChI is InChI=1S/C12H13N3O2/c1-7-5-13-11-9(12(16)17)10(8-3-2-4-8)14-15(11)6-7/h5-6,8H,2-4H2,1H3,(H,16,17). The lowest BCUT2D eigenvalue weighted by Gasteiger charge is -2.23. The number of fused-ring (bicyclic) bond motifs is 1. The SMILES string of the molecule is Cc1cnc2c(C(=O)O)c(C3CCC3)nn2c1. The van der Waals surface area contributed by atoms with Crippen molar-refractivity contribution >= 4 is 11.6 Å². The van der Waals surface area contributed by atoms with Crippen molar-refractivity contribution in [3.63, 3.8) is 0 Å². The van der Waals surface area contributed by atoms with Crippen LogP contribution >= 0.6 is 0 Å². The van der Waals surface area contributed by atoms with E-state index in [-0.39, 0.29) is 5.56 Å². The molecule has 1 N–H and O–H groups in total. The van der Waals surface area contributed by atoms with Gasteiger partial charge in [-0.05, 0) is 25.3 Å². The number of rotatable bonds is 2. The molecule has 5 nitrogen and oxygen atoms in total. The summed E-state index contributed by atoms with van der Waals surface area (Å²) in [5, 5.41) is 13.7. The summed E-state index contributed by atoms with van der Waals surface area (Å²) in [5.74, 6) is -0.638. The van der Waals surface area contributed by atoms with Gasteiger partial charge in [0.25, 0.3) is 0 Å². The molecular weight excluding hydrogens is 218 g/mol. The molecule has 0 unspecified atom stereocenters. The molecule has 1 saturated carbocycles. The summed E-state index contributed by atoms with van der Waals surface area (Å²) in [4.78, 5) is 15.5. The van der Waals surface area contributed by atoms with E-state index in [4.69, 9.17) is 0 Å². The van der Waals surface area contributed by atoms with Gasteiger partial charge < -0.3 is 5.11 Å². The minimum atomic E-state index is -0.932. The Hall–Kier alpha value is -1.91. The zero-order valence-electron chi connectivity index (χ0n) is 9.55. The van der Waals surface area contributed by atoms with Crippen molar-refractivity contribution in [3.05, 3.63) is 29.2 Å². The Morgan fingerprint density at radius 2 is 2.29 bits per heavy atom. The number of aromatic carboxylic acids is 1. The smallest absolute Gasteiger partial charge is 0.341 e. The van der Waals surface area contributed by atoms with Gasteiger partial charge in [0.15, 0.2) is 5.65 Å². The van der Waals surface area contributed by atoms with Gasteiger partial charge in [-0.2, -0.15) is 5.10 Å². The highest BCUT2D eigenvalue weighted by atomic mass is 16.4.